The van der Waals surface area contributed by atoms with E-state index in [9.17, 15) is 9.90 Å². The van der Waals surface area contributed by atoms with Gasteiger partial charge in [0.25, 0.3) is 0 Å². The van der Waals surface area contributed by atoms with E-state index in [0.717, 1.165) is 11.3 Å². The summed E-state index contributed by atoms with van der Waals surface area (Å²) < 4.78 is 9.73. The number of hydrogen-bond acceptors (Lipinski definition) is 5. The summed E-state index contributed by atoms with van der Waals surface area (Å²) in [6.07, 6.45) is 1.72. The minimum Gasteiger partial charge on any atom is -0.497 e. The van der Waals surface area contributed by atoms with Gasteiger partial charge in [0.05, 0.1) is 20.3 Å². The molecule has 2 N–H and O–H groups in total. The quantitative estimate of drug-likeness (QED) is 0.537. The van der Waals surface area contributed by atoms with Crippen LogP contribution in [0.25, 0.3) is 0 Å². The van der Waals surface area contributed by atoms with Crippen molar-refractivity contribution in [2.75, 3.05) is 20.8 Å². The molecule has 2 unspecified atom stereocenters. The highest BCUT2D eigenvalue weighted by Crippen LogP contribution is 2.22. The molecule has 21 heavy (non-hydrogen) atoms. The Balaban J connectivity index is 2.74. The van der Waals surface area contributed by atoms with Crippen LogP contribution >= 0.6 is 0 Å². The average molecular weight is 293 g/mol. The maximum Gasteiger partial charge on any atom is 0.305 e. The molecule has 0 aliphatic heterocycles. The maximum absolute atomic E-state index is 11.3. The fourth-order valence-electron chi connectivity index (χ4n) is 2.02. The molecule has 1 aromatic rings. The van der Waals surface area contributed by atoms with Crippen LogP contribution in [0.4, 0.5) is 0 Å². The van der Waals surface area contributed by atoms with Gasteiger partial charge < -0.3 is 19.9 Å². The van der Waals surface area contributed by atoms with E-state index in [2.05, 4.69) is 16.6 Å². The lowest BCUT2D eigenvalue weighted by Crippen LogP contribution is -2.35. The molecule has 0 spiro atoms. The minimum atomic E-state index is -0.722. The van der Waals surface area contributed by atoms with Gasteiger partial charge in [0, 0.05) is 19.0 Å². The smallest absolute Gasteiger partial charge is 0.305 e. The second kappa shape index (κ2) is 9.15. The molecule has 5 heteroatoms. The number of nitrogens with one attached hydrogen (secondary N) is 1. The number of carbonyl (C=O) groups excluding carboxylic acids is 1. The number of methoxy groups -OCH3 is 2. The molecule has 0 aromatic heterocycles. The number of carbonyl (C=O) groups is 1. The van der Waals surface area contributed by atoms with Crippen LogP contribution in [0.15, 0.2) is 36.9 Å². The lowest BCUT2D eigenvalue weighted by Gasteiger charge is -2.24. The van der Waals surface area contributed by atoms with Crippen molar-refractivity contribution in [3.63, 3.8) is 0 Å². The van der Waals surface area contributed by atoms with Crippen LogP contribution in [0, 0.1) is 0 Å². The Morgan fingerprint density at radius 2 is 2.05 bits per heavy atom. The lowest BCUT2D eigenvalue weighted by atomic mass is 9.98. The Hall–Kier alpha value is -1.85. The van der Waals surface area contributed by atoms with Crippen LogP contribution in [0.3, 0.4) is 0 Å². The largest absolute Gasteiger partial charge is 0.497 e. The average Bonchev–Trinajstić information content (AvgIpc) is 2.54. The molecule has 0 bridgehead atoms. The molecule has 1 rings (SSSR count). The van der Waals surface area contributed by atoms with Gasteiger partial charge in [-0.2, -0.15) is 0 Å². The highest BCUT2D eigenvalue weighted by molar-refractivity contribution is 5.69. The van der Waals surface area contributed by atoms with E-state index in [1.54, 1.807) is 25.3 Å². The van der Waals surface area contributed by atoms with Gasteiger partial charge in [0.2, 0.25) is 0 Å². The van der Waals surface area contributed by atoms with E-state index in [4.69, 9.17) is 4.74 Å². The first kappa shape index (κ1) is 17.2. The van der Waals surface area contributed by atoms with Crippen LogP contribution in [-0.4, -0.2) is 37.9 Å². The number of hydrogen-bond donors (Lipinski definition) is 2. The first-order chi connectivity index (χ1) is 10.1. The van der Waals surface area contributed by atoms with Gasteiger partial charge in [-0.15, -0.1) is 6.58 Å². The molecule has 0 fully saturated rings. The number of esters is 1. The number of ether oxygens (including phenoxy) is 2. The SMILES string of the molecule is C=CCNC(CCC(=O)OC)C(O)c1ccc(OC)cc1. The van der Waals surface area contributed by atoms with Crippen molar-refractivity contribution in [2.24, 2.45) is 0 Å². The highest BCUT2D eigenvalue weighted by atomic mass is 16.5. The van der Waals surface area contributed by atoms with Crippen molar-refractivity contribution in [2.45, 2.75) is 25.0 Å². The molecule has 0 saturated heterocycles. The van der Waals surface area contributed by atoms with Crippen molar-refractivity contribution in [1.82, 2.24) is 5.32 Å². The van der Waals surface area contributed by atoms with E-state index in [-0.39, 0.29) is 18.4 Å². The van der Waals surface area contributed by atoms with Gasteiger partial charge in [-0.3, -0.25) is 4.79 Å². The van der Waals surface area contributed by atoms with Gasteiger partial charge in [-0.05, 0) is 24.1 Å². The monoisotopic (exact) mass is 293 g/mol. The molecule has 0 aliphatic carbocycles. The number of rotatable bonds is 9. The molecule has 0 saturated carbocycles. The second-order valence-corrected chi connectivity index (χ2v) is 4.64. The Kier molecular flexibility index (Phi) is 7.50. The zero-order valence-electron chi connectivity index (χ0n) is 12.5. The fourth-order valence-corrected chi connectivity index (χ4v) is 2.02. The summed E-state index contributed by atoms with van der Waals surface area (Å²) in [5.41, 5.74) is 0.766. The van der Waals surface area contributed by atoms with Crippen molar-refractivity contribution < 1.29 is 19.4 Å². The summed E-state index contributed by atoms with van der Waals surface area (Å²) in [6, 6.07) is 6.96. The Bertz CT molecular complexity index is 444. The molecule has 1 aromatic carbocycles. The Labute approximate surface area is 125 Å². The zero-order chi connectivity index (χ0) is 15.7. The molecule has 0 radical (unpaired) electrons. The van der Waals surface area contributed by atoms with Crippen LogP contribution in [0.2, 0.25) is 0 Å². The van der Waals surface area contributed by atoms with Crippen molar-refractivity contribution >= 4 is 5.97 Å². The molecule has 116 valence electrons. The Morgan fingerprint density at radius 1 is 1.38 bits per heavy atom. The van der Waals surface area contributed by atoms with Crippen LogP contribution in [-0.2, 0) is 9.53 Å². The summed E-state index contributed by atoms with van der Waals surface area (Å²) in [4.78, 5) is 11.3. The van der Waals surface area contributed by atoms with Crippen LogP contribution in [0.5, 0.6) is 5.75 Å². The van der Waals surface area contributed by atoms with Crippen LogP contribution < -0.4 is 10.1 Å². The summed E-state index contributed by atoms with van der Waals surface area (Å²) in [7, 11) is 2.95. The van der Waals surface area contributed by atoms with Crippen LogP contribution in [0.1, 0.15) is 24.5 Å². The van der Waals surface area contributed by atoms with E-state index in [0.29, 0.717) is 13.0 Å². The number of aliphatic hydroxyl groups excluding tert-OH is 1. The predicted octanol–water partition coefficient (Wildman–Crippen LogP) is 1.83. The third kappa shape index (κ3) is 5.57. The molecular weight excluding hydrogens is 270 g/mol. The fraction of sp³-hybridized carbons (Fsp3) is 0.438. The number of benzene rings is 1. The minimum absolute atomic E-state index is 0.249. The van der Waals surface area contributed by atoms with Gasteiger partial charge in [0.1, 0.15) is 5.75 Å². The van der Waals surface area contributed by atoms with Crippen molar-refractivity contribution in [3.05, 3.63) is 42.5 Å². The maximum atomic E-state index is 11.3. The Morgan fingerprint density at radius 3 is 2.57 bits per heavy atom. The van der Waals surface area contributed by atoms with E-state index < -0.39 is 6.10 Å². The van der Waals surface area contributed by atoms with E-state index in [1.807, 2.05) is 12.1 Å². The highest BCUT2D eigenvalue weighted by Gasteiger charge is 2.21. The third-order valence-corrected chi connectivity index (χ3v) is 3.25. The van der Waals surface area contributed by atoms with Gasteiger partial charge in [0.15, 0.2) is 0 Å². The van der Waals surface area contributed by atoms with Gasteiger partial charge >= 0.3 is 5.97 Å². The van der Waals surface area contributed by atoms with E-state index in [1.165, 1.54) is 7.11 Å². The third-order valence-electron chi connectivity index (χ3n) is 3.25. The zero-order valence-corrected chi connectivity index (χ0v) is 12.5. The normalized spacial score (nSPS) is 13.3. The molecule has 0 heterocycles. The number of aliphatic hydroxyl groups is 1. The van der Waals surface area contributed by atoms with E-state index >= 15 is 0 Å². The molecule has 2 atom stereocenters. The lowest BCUT2D eigenvalue weighted by molar-refractivity contribution is -0.141. The van der Waals surface area contributed by atoms with Gasteiger partial charge in [-0.1, -0.05) is 18.2 Å². The molecule has 0 aliphatic rings. The second-order valence-electron chi connectivity index (χ2n) is 4.64. The molecule has 0 amide bonds. The molecule has 5 nitrogen and oxygen atoms in total. The summed E-state index contributed by atoms with van der Waals surface area (Å²) >= 11 is 0. The standard InChI is InChI=1S/C16H23NO4/c1-4-11-17-14(9-10-15(18)21-3)16(19)12-5-7-13(20-2)8-6-12/h4-8,14,16-17,19H,1,9-11H2,2-3H3. The van der Waals surface area contributed by atoms with Gasteiger partial charge in [-0.25, -0.2) is 0 Å². The van der Waals surface area contributed by atoms with Crippen molar-refractivity contribution in [3.8, 4) is 5.75 Å². The summed E-state index contributed by atoms with van der Waals surface area (Å²) in [5.74, 6) is 0.443. The summed E-state index contributed by atoms with van der Waals surface area (Å²) in [6.45, 7) is 4.20. The summed E-state index contributed by atoms with van der Waals surface area (Å²) in [5, 5.41) is 13.6. The first-order valence-corrected chi connectivity index (χ1v) is 6.85. The predicted molar refractivity (Wildman–Crippen MR) is 81.2 cm³/mol. The first-order valence-electron chi connectivity index (χ1n) is 6.85. The molecular formula is C16H23NO4. The van der Waals surface area contributed by atoms with Crippen molar-refractivity contribution in [1.29, 1.82) is 0 Å². The topological polar surface area (TPSA) is 67.8 Å².